The molecule has 0 spiro atoms. The van der Waals surface area contributed by atoms with Crippen LogP contribution < -0.4 is 5.32 Å². The zero-order valence-corrected chi connectivity index (χ0v) is 11.8. The van der Waals surface area contributed by atoms with Crippen molar-refractivity contribution in [3.63, 3.8) is 0 Å². The van der Waals surface area contributed by atoms with E-state index >= 15 is 0 Å². The molecule has 0 atom stereocenters. The fourth-order valence-corrected chi connectivity index (χ4v) is 2.00. The van der Waals surface area contributed by atoms with Crippen molar-refractivity contribution in [2.24, 2.45) is 0 Å². The van der Waals surface area contributed by atoms with Crippen LogP contribution in [0.4, 0.5) is 5.69 Å². The molecule has 0 saturated carbocycles. The molecule has 5 heteroatoms. The van der Waals surface area contributed by atoms with E-state index in [1.165, 1.54) is 6.07 Å². The lowest BCUT2D eigenvalue weighted by Gasteiger charge is -2.14. The molecule has 0 bridgehead atoms. The maximum Gasteiger partial charge on any atom is 0.259 e. The van der Waals surface area contributed by atoms with Crippen LogP contribution in [0.1, 0.15) is 35.7 Å². The van der Waals surface area contributed by atoms with Gasteiger partial charge in [-0.2, -0.15) is 0 Å². The van der Waals surface area contributed by atoms with Gasteiger partial charge in [-0.1, -0.05) is 32.0 Å². The van der Waals surface area contributed by atoms with Crippen LogP contribution in [0.5, 0.6) is 17.2 Å². The topological polar surface area (TPSA) is 89.8 Å². The first kappa shape index (κ1) is 14.7. The van der Waals surface area contributed by atoms with Crippen molar-refractivity contribution >= 4 is 11.6 Å². The fraction of sp³-hybridized carbons (Fsp3) is 0.188. The van der Waals surface area contributed by atoms with Gasteiger partial charge in [0.15, 0.2) is 11.5 Å². The molecule has 4 N–H and O–H groups in total. The van der Waals surface area contributed by atoms with Gasteiger partial charge in [0, 0.05) is 11.3 Å². The third-order valence-corrected chi connectivity index (χ3v) is 3.18. The van der Waals surface area contributed by atoms with Crippen molar-refractivity contribution < 1.29 is 20.1 Å². The van der Waals surface area contributed by atoms with Crippen molar-refractivity contribution in [2.45, 2.75) is 19.8 Å². The van der Waals surface area contributed by atoms with E-state index in [2.05, 4.69) is 5.32 Å². The normalized spacial score (nSPS) is 10.6. The van der Waals surface area contributed by atoms with Crippen LogP contribution in [-0.4, -0.2) is 21.2 Å². The summed E-state index contributed by atoms with van der Waals surface area (Å²) in [5.41, 5.74) is 0.877. The summed E-state index contributed by atoms with van der Waals surface area (Å²) >= 11 is 0. The minimum absolute atomic E-state index is 0.0853. The van der Waals surface area contributed by atoms with Gasteiger partial charge in [-0.3, -0.25) is 4.79 Å². The molecule has 0 aromatic heterocycles. The number of amides is 1. The van der Waals surface area contributed by atoms with Crippen LogP contribution in [-0.2, 0) is 0 Å². The van der Waals surface area contributed by atoms with Crippen LogP contribution >= 0.6 is 0 Å². The second-order valence-electron chi connectivity index (χ2n) is 5.03. The number of benzene rings is 2. The predicted octanol–water partition coefficient (Wildman–Crippen LogP) is 3.18. The molecule has 0 radical (unpaired) electrons. The van der Waals surface area contributed by atoms with E-state index in [1.807, 2.05) is 19.9 Å². The van der Waals surface area contributed by atoms with E-state index < -0.39 is 23.2 Å². The molecule has 0 aliphatic rings. The number of anilines is 1. The van der Waals surface area contributed by atoms with E-state index in [1.54, 1.807) is 24.3 Å². The van der Waals surface area contributed by atoms with Gasteiger partial charge in [-0.15, -0.1) is 0 Å². The van der Waals surface area contributed by atoms with Gasteiger partial charge in [0.1, 0.15) is 0 Å². The van der Waals surface area contributed by atoms with Crippen molar-refractivity contribution in [3.05, 3.63) is 47.5 Å². The summed E-state index contributed by atoms with van der Waals surface area (Å²) in [5.74, 6) is -2.39. The number of aromatic hydroxyl groups is 3. The molecule has 5 nitrogen and oxygen atoms in total. The SMILES string of the molecule is CC(C)c1cc(C(=O)Nc2ccccc2)c(O)c(O)c1O. The molecule has 0 fully saturated rings. The van der Waals surface area contributed by atoms with E-state index in [0.29, 0.717) is 11.3 Å². The number of phenols is 3. The minimum Gasteiger partial charge on any atom is -0.504 e. The number of carbonyl (C=O) groups excluding carboxylic acids is 1. The monoisotopic (exact) mass is 287 g/mol. The molecule has 110 valence electrons. The summed E-state index contributed by atoms with van der Waals surface area (Å²) in [6.45, 7) is 3.62. The first-order valence-corrected chi connectivity index (χ1v) is 6.56. The lowest BCUT2D eigenvalue weighted by molar-refractivity contribution is 0.102. The average molecular weight is 287 g/mol. The number of phenolic OH excluding ortho intramolecular Hbond substituents is 3. The van der Waals surface area contributed by atoms with Crippen LogP contribution in [0.2, 0.25) is 0 Å². The molecule has 0 saturated heterocycles. The maximum atomic E-state index is 12.2. The summed E-state index contributed by atoms with van der Waals surface area (Å²) in [4.78, 5) is 12.2. The Labute approximate surface area is 122 Å². The Morgan fingerprint density at radius 2 is 1.62 bits per heavy atom. The average Bonchev–Trinajstić information content (AvgIpc) is 2.45. The lowest BCUT2D eigenvalue weighted by atomic mass is 9.97. The van der Waals surface area contributed by atoms with Gasteiger partial charge in [0.2, 0.25) is 5.75 Å². The summed E-state index contributed by atoms with van der Waals surface area (Å²) in [7, 11) is 0. The summed E-state index contributed by atoms with van der Waals surface area (Å²) in [5, 5.41) is 32.0. The van der Waals surface area contributed by atoms with E-state index in [9.17, 15) is 20.1 Å². The Bertz CT molecular complexity index is 666. The second-order valence-corrected chi connectivity index (χ2v) is 5.03. The van der Waals surface area contributed by atoms with E-state index in [0.717, 1.165) is 0 Å². The van der Waals surface area contributed by atoms with Crippen molar-refractivity contribution in [3.8, 4) is 17.2 Å². The molecule has 2 aromatic rings. The van der Waals surface area contributed by atoms with E-state index in [4.69, 9.17) is 0 Å². The Morgan fingerprint density at radius 3 is 2.19 bits per heavy atom. The molecule has 0 heterocycles. The smallest absolute Gasteiger partial charge is 0.259 e. The van der Waals surface area contributed by atoms with Gasteiger partial charge < -0.3 is 20.6 Å². The highest BCUT2D eigenvalue weighted by Gasteiger charge is 2.22. The molecular formula is C16H17NO4. The highest BCUT2D eigenvalue weighted by atomic mass is 16.3. The number of rotatable bonds is 3. The summed E-state index contributed by atoms with van der Waals surface area (Å²) < 4.78 is 0. The molecule has 2 aromatic carbocycles. The Morgan fingerprint density at radius 1 is 1.00 bits per heavy atom. The van der Waals surface area contributed by atoms with Crippen molar-refractivity contribution in [1.29, 1.82) is 0 Å². The van der Waals surface area contributed by atoms with E-state index in [-0.39, 0.29) is 11.5 Å². The molecule has 0 aliphatic carbocycles. The highest BCUT2D eigenvalue weighted by Crippen LogP contribution is 2.43. The Hall–Kier alpha value is -2.69. The molecule has 2 rings (SSSR count). The quantitative estimate of drug-likeness (QED) is 0.653. The molecule has 21 heavy (non-hydrogen) atoms. The maximum absolute atomic E-state index is 12.2. The zero-order valence-electron chi connectivity index (χ0n) is 11.8. The van der Waals surface area contributed by atoms with Gasteiger partial charge in [-0.05, 0) is 24.1 Å². The number of nitrogens with one attached hydrogen (secondary N) is 1. The number of hydrogen-bond donors (Lipinski definition) is 4. The largest absolute Gasteiger partial charge is 0.504 e. The van der Waals surface area contributed by atoms with Gasteiger partial charge in [0.25, 0.3) is 5.91 Å². The Kier molecular flexibility index (Phi) is 4.03. The molecular weight excluding hydrogens is 270 g/mol. The third kappa shape index (κ3) is 2.91. The third-order valence-electron chi connectivity index (χ3n) is 3.18. The van der Waals surface area contributed by atoms with Gasteiger partial charge in [0.05, 0.1) is 5.56 Å². The first-order chi connectivity index (χ1) is 9.91. The predicted molar refractivity (Wildman–Crippen MR) is 79.9 cm³/mol. The number of carbonyl (C=O) groups is 1. The van der Waals surface area contributed by atoms with Crippen LogP contribution in [0.3, 0.4) is 0 Å². The molecule has 0 unspecified atom stereocenters. The van der Waals surface area contributed by atoms with Crippen LogP contribution in [0, 0.1) is 0 Å². The van der Waals surface area contributed by atoms with Crippen molar-refractivity contribution in [2.75, 3.05) is 5.32 Å². The summed E-state index contributed by atoms with van der Waals surface area (Å²) in [6.07, 6.45) is 0. The first-order valence-electron chi connectivity index (χ1n) is 6.56. The number of hydrogen-bond acceptors (Lipinski definition) is 4. The van der Waals surface area contributed by atoms with Gasteiger partial charge in [-0.25, -0.2) is 0 Å². The lowest BCUT2D eigenvalue weighted by Crippen LogP contribution is -2.12. The standard InChI is InChI=1S/C16H17NO4/c1-9(2)11-8-12(14(19)15(20)13(11)18)16(21)17-10-6-4-3-5-7-10/h3-9,18-20H,1-2H3,(H,17,21). The highest BCUT2D eigenvalue weighted by molar-refractivity contribution is 6.07. The fourth-order valence-electron chi connectivity index (χ4n) is 2.00. The van der Waals surface area contributed by atoms with Crippen LogP contribution in [0.25, 0.3) is 0 Å². The second kappa shape index (κ2) is 5.75. The molecule has 0 aliphatic heterocycles. The minimum atomic E-state index is -0.681. The van der Waals surface area contributed by atoms with Crippen LogP contribution in [0.15, 0.2) is 36.4 Å². The van der Waals surface area contributed by atoms with Crippen molar-refractivity contribution in [1.82, 2.24) is 0 Å². The summed E-state index contributed by atoms with van der Waals surface area (Å²) in [6, 6.07) is 10.1. The molecule has 1 amide bonds. The Balaban J connectivity index is 2.41. The number of para-hydroxylation sites is 1. The van der Waals surface area contributed by atoms with Gasteiger partial charge >= 0.3 is 0 Å². The zero-order chi connectivity index (χ0) is 15.6.